The van der Waals surface area contributed by atoms with Crippen molar-refractivity contribution in [2.45, 2.75) is 6.92 Å². The molecular formula is C27H21ClN2O5. The minimum absolute atomic E-state index is 0.00548. The Balaban J connectivity index is 1.58. The number of ether oxygens (including phenoxy) is 2. The third-order valence-electron chi connectivity index (χ3n) is 4.96. The van der Waals surface area contributed by atoms with Crippen LogP contribution in [-0.4, -0.2) is 24.3 Å². The van der Waals surface area contributed by atoms with Gasteiger partial charge in [-0.25, -0.2) is 4.79 Å². The van der Waals surface area contributed by atoms with Crippen LogP contribution in [0.2, 0.25) is 5.02 Å². The predicted octanol–water partition coefficient (Wildman–Crippen LogP) is 5.42. The van der Waals surface area contributed by atoms with Crippen LogP contribution in [0.1, 0.15) is 22.8 Å². The quantitative estimate of drug-likeness (QED) is 0.262. The molecular weight excluding hydrogens is 468 g/mol. The Bertz CT molecular complexity index is 1350. The van der Waals surface area contributed by atoms with E-state index >= 15 is 0 Å². The van der Waals surface area contributed by atoms with E-state index in [9.17, 15) is 14.4 Å². The summed E-state index contributed by atoms with van der Waals surface area (Å²) >= 11 is 6.11. The Labute approximate surface area is 207 Å². The Morgan fingerprint density at radius 3 is 2.43 bits per heavy atom. The van der Waals surface area contributed by atoms with Crippen molar-refractivity contribution in [3.05, 3.63) is 112 Å². The molecule has 1 amide bonds. The lowest BCUT2D eigenvalue weighted by molar-refractivity contribution is -0.139. The number of para-hydroxylation sites is 1. The summed E-state index contributed by atoms with van der Waals surface area (Å²) in [5.41, 5.74) is 1.84. The van der Waals surface area contributed by atoms with Gasteiger partial charge in [0.1, 0.15) is 0 Å². The Morgan fingerprint density at radius 1 is 0.971 bits per heavy atom. The van der Waals surface area contributed by atoms with Gasteiger partial charge in [0.05, 0.1) is 17.2 Å². The van der Waals surface area contributed by atoms with Gasteiger partial charge in [0.25, 0.3) is 5.91 Å². The largest absolute Gasteiger partial charge is 0.462 e. The number of carbonyl (C=O) groups is 3. The van der Waals surface area contributed by atoms with Gasteiger partial charge in [-0.2, -0.15) is 0 Å². The molecule has 8 heteroatoms. The molecule has 0 saturated carbocycles. The van der Waals surface area contributed by atoms with Gasteiger partial charge in [-0.15, -0.1) is 0 Å². The Morgan fingerprint density at radius 2 is 1.69 bits per heavy atom. The molecule has 1 aliphatic rings. The van der Waals surface area contributed by atoms with Gasteiger partial charge in [-0.05, 0) is 55.0 Å². The number of carbonyl (C=O) groups excluding carboxylic acids is 3. The van der Waals surface area contributed by atoms with E-state index in [4.69, 9.17) is 21.1 Å². The summed E-state index contributed by atoms with van der Waals surface area (Å²) in [6.45, 7) is 1.77. The van der Waals surface area contributed by atoms with Crippen molar-refractivity contribution in [2.24, 2.45) is 0 Å². The number of hydrogen-bond acceptors (Lipinski definition) is 6. The van der Waals surface area contributed by atoms with Crippen LogP contribution < -0.4 is 10.6 Å². The first kappa shape index (κ1) is 23.8. The number of rotatable bonds is 7. The summed E-state index contributed by atoms with van der Waals surface area (Å²) in [5.74, 6) is -1.81. The summed E-state index contributed by atoms with van der Waals surface area (Å²) in [4.78, 5) is 38.1. The lowest BCUT2D eigenvalue weighted by Crippen LogP contribution is -2.16. The minimum atomic E-state index is -0.778. The van der Waals surface area contributed by atoms with Crippen LogP contribution in [0.15, 0.2) is 96.1 Å². The zero-order chi connectivity index (χ0) is 24.8. The van der Waals surface area contributed by atoms with Crippen LogP contribution in [-0.2, 0) is 19.1 Å². The lowest BCUT2D eigenvalue weighted by Gasteiger charge is -2.09. The Kier molecular flexibility index (Phi) is 7.28. The molecule has 0 radical (unpaired) electrons. The smallest absolute Gasteiger partial charge is 0.347 e. The maximum Gasteiger partial charge on any atom is 0.347 e. The molecule has 2 N–H and O–H groups in total. The molecule has 0 unspecified atom stereocenters. The van der Waals surface area contributed by atoms with Crippen molar-refractivity contribution in [3.63, 3.8) is 0 Å². The van der Waals surface area contributed by atoms with Crippen molar-refractivity contribution in [1.29, 1.82) is 0 Å². The van der Waals surface area contributed by atoms with Gasteiger partial charge >= 0.3 is 5.97 Å². The Hall–Kier alpha value is -4.36. The second-order valence-electron chi connectivity index (χ2n) is 7.41. The average molecular weight is 489 g/mol. The maximum absolute atomic E-state index is 13.0. The van der Waals surface area contributed by atoms with E-state index in [1.54, 1.807) is 67.6 Å². The fraction of sp³-hybridized carbons (Fsp3) is 0.0741. The summed E-state index contributed by atoms with van der Waals surface area (Å²) in [6.07, 6.45) is 1.49. The van der Waals surface area contributed by atoms with Gasteiger partial charge in [-0.3, -0.25) is 9.59 Å². The van der Waals surface area contributed by atoms with Crippen LogP contribution in [0.4, 0.5) is 11.4 Å². The molecule has 0 aliphatic carbocycles. The second kappa shape index (κ2) is 10.7. The number of esters is 1. The third kappa shape index (κ3) is 5.59. The van der Waals surface area contributed by atoms with E-state index in [0.717, 1.165) is 0 Å². The molecule has 3 aromatic rings. The molecule has 1 aliphatic heterocycles. The van der Waals surface area contributed by atoms with E-state index in [-0.39, 0.29) is 29.7 Å². The summed E-state index contributed by atoms with van der Waals surface area (Å²) in [5, 5.41) is 6.09. The van der Waals surface area contributed by atoms with Gasteiger partial charge in [0.2, 0.25) is 11.7 Å². The monoisotopic (exact) mass is 488 g/mol. The third-order valence-corrected chi connectivity index (χ3v) is 5.29. The zero-order valence-electron chi connectivity index (χ0n) is 18.7. The number of hydrogen-bond donors (Lipinski definition) is 2. The highest BCUT2D eigenvalue weighted by molar-refractivity contribution is 6.34. The number of nitrogens with one attached hydrogen (secondary N) is 2. The number of anilines is 2. The highest BCUT2D eigenvalue weighted by atomic mass is 35.5. The molecule has 0 saturated heterocycles. The van der Waals surface area contributed by atoms with Crippen LogP contribution in [0, 0.1) is 0 Å². The summed E-state index contributed by atoms with van der Waals surface area (Å²) in [6, 6.07) is 22.6. The highest BCUT2D eigenvalue weighted by Crippen LogP contribution is 2.29. The van der Waals surface area contributed by atoms with Crippen LogP contribution in [0.5, 0.6) is 0 Å². The molecule has 0 atom stereocenters. The van der Waals surface area contributed by atoms with Crippen molar-refractivity contribution < 1.29 is 23.9 Å². The maximum atomic E-state index is 13.0. The first-order valence-corrected chi connectivity index (χ1v) is 11.2. The molecule has 1 heterocycles. The number of amides is 1. The topological polar surface area (TPSA) is 93.7 Å². The molecule has 35 heavy (non-hydrogen) atoms. The van der Waals surface area contributed by atoms with Gasteiger partial charge < -0.3 is 20.1 Å². The number of Topliss-reactive ketones (excluding diaryl/α,β-unsaturated/α-hetero) is 1. The zero-order valence-corrected chi connectivity index (χ0v) is 19.5. The van der Waals surface area contributed by atoms with Crippen molar-refractivity contribution >= 4 is 46.7 Å². The number of benzene rings is 3. The number of ketones is 1. The van der Waals surface area contributed by atoms with Crippen molar-refractivity contribution in [3.8, 4) is 0 Å². The van der Waals surface area contributed by atoms with Gasteiger partial charge in [0, 0.05) is 11.4 Å². The first-order valence-electron chi connectivity index (χ1n) is 10.8. The van der Waals surface area contributed by atoms with E-state index in [1.807, 2.05) is 18.2 Å². The number of halogens is 1. The molecule has 7 nitrogen and oxygen atoms in total. The van der Waals surface area contributed by atoms with Gasteiger partial charge in [0.15, 0.2) is 11.3 Å². The molecule has 0 fully saturated rings. The van der Waals surface area contributed by atoms with Gasteiger partial charge in [-0.1, -0.05) is 54.1 Å². The fourth-order valence-corrected chi connectivity index (χ4v) is 3.58. The molecule has 176 valence electrons. The summed E-state index contributed by atoms with van der Waals surface area (Å²) in [7, 11) is 0. The molecule has 0 spiro atoms. The van der Waals surface area contributed by atoms with Crippen molar-refractivity contribution in [1.82, 2.24) is 0 Å². The fourth-order valence-electron chi connectivity index (χ4n) is 3.36. The summed E-state index contributed by atoms with van der Waals surface area (Å²) < 4.78 is 10.8. The van der Waals surface area contributed by atoms with Crippen molar-refractivity contribution in [2.75, 3.05) is 17.2 Å². The molecule has 3 aromatic carbocycles. The van der Waals surface area contributed by atoms with Crippen LogP contribution in [0.25, 0.3) is 6.08 Å². The lowest BCUT2D eigenvalue weighted by atomic mass is 10.1. The second-order valence-corrected chi connectivity index (χ2v) is 7.82. The van der Waals surface area contributed by atoms with E-state index < -0.39 is 11.8 Å². The highest BCUT2D eigenvalue weighted by Gasteiger charge is 2.37. The SMILES string of the molecule is CCOC(=O)C1=C(Nc2ccccc2)O/C(=C\c2cccc(NC(=O)c3ccccc3Cl)c2)C1=O. The minimum Gasteiger partial charge on any atom is -0.462 e. The average Bonchev–Trinajstić information content (AvgIpc) is 3.14. The normalized spacial score (nSPS) is 14.0. The standard InChI is InChI=1S/C27H21ClN2O5/c1-2-34-27(33)23-24(31)22(35-26(23)30-18-10-4-3-5-11-18)16-17-9-8-12-19(15-17)29-25(32)20-13-6-7-14-21(20)28/h3-16,30H,2H2,1H3,(H,29,32)/b22-16-. The molecule has 0 aromatic heterocycles. The van der Waals surface area contributed by atoms with Crippen LogP contribution in [0.3, 0.4) is 0 Å². The molecule has 0 bridgehead atoms. The first-order chi connectivity index (χ1) is 17.0. The van der Waals surface area contributed by atoms with Crippen LogP contribution >= 0.6 is 11.6 Å². The predicted molar refractivity (Wildman–Crippen MR) is 134 cm³/mol. The van der Waals surface area contributed by atoms with E-state index in [0.29, 0.717) is 27.5 Å². The number of allylic oxidation sites excluding steroid dienone is 1. The van der Waals surface area contributed by atoms with E-state index in [1.165, 1.54) is 6.08 Å². The van der Waals surface area contributed by atoms with E-state index in [2.05, 4.69) is 10.6 Å². The molecule has 4 rings (SSSR count).